The van der Waals surface area contributed by atoms with E-state index in [0.29, 0.717) is 24.9 Å². The second kappa shape index (κ2) is 6.36. The Bertz CT molecular complexity index is 618. The number of nitro benzene ring substituents is 1. The lowest BCUT2D eigenvalue weighted by atomic mass is 9.90. The van der Waals surface area contributed by atoms with Gasteiger partial charge in [0.25, 0.3) is 5.69 Å². The van der Waals surface area contributed by atoms with E-state index in [2.05, 4.69) is 0 Å². The van der Waals surface area contributed by atoms with Gasteiger partial charge in [-0.2, -0.15) is 0 Å². The van der Waals surface area contributed by atoms with Gasteiger partial charge in [-0.25, -0.2) is 9.69 Å². The molecule has 0 N–H and O–H groups in total. The van der Waals surface area contributed by atoms with Gasteiger partial charge in [0, 0.05) is 18.7 Å². The third-order valence-corrected chi connectivity index (χ3v) is 3.56. The molecule has 2 amide bonds. The number of nitro groups is 1. The molecule has 1 heterocycles. The number of imide groups is 1. The van der Waals surface area contributed by atoms with Gasteiger partial charge in [0.05, 0.1) is 10.8 Å². The SMILES string of the molecule is CC(C)(C)OC(=O)N1CCCC(c2ccc([N+](=O)[O-])cc2)C1=O. The van der Waals surface area contributed by atoms with Crippen molar-refractivity contribution in [3.05, 3.63) is 39.9 Å². The van der Waals surface area contributed by atoms with Crippen molar-refractivity contribution in [2.24, 2.45) is 0 Å². The highest BCUT2D eigenvalue weighted by molar-refractivity contribution is 5.96. The summed E-state index contributed by atoms with van der Waals surface area (Å²) in [4.78, 5) is 36.0. The zero-order valence-electron chi connectivity index (χ0n) is 13.4. The Hall–Kier alpha value is -2.44. The van der Waals surface area contributed by atoms with Crippen LogP contribution in [0.2, 0.25) is 0 Å². The number of nitrogens with zero attached hydrogens (tertiary/aromatic N) is 2. The Balaban J connectivity index is 2.16. The fourth-order valence-corrected chi connectivity index (χ4v) is 2.51. The smallest absolute Gasteiger partial charge is 0.417 e. The van der Waals surface area contributed by atoms with Crippen molar-refractivity contribution < 1.29 is 19.2 Å². The van der Waals surface area contributed by atoms with E-state index in [9.17, 15) is 19.7 Å². The van der Waals surface area contributed by atoms with Crippen molar-refractivity contribution in [1.82, 2.24) is 4.90 Å². The summed E-state index contributed by atoms with van der Waals surface area (Å²) in [5.41, 5.74) is -0.0210. The number of rotatable bonds is 2. The highest BCUT2D eigenvalue weighted by Gasteiger charge is 2.36. The molecule has 0 radical (unpaired) electrons. The highest BCUT2D eigenvalue weighted by atomic mass is 16.6. The molecule has 0 aliphatic carbocycles. The van der Waals surface area contributed by atoms with Crippen LogP contribution < -0.4 is 0 Å². The number of hydrogen-bond acceptors (Lipinski definition) is 5. The van der Waals surface area contributed by atoms with Crippen LogP contribution in [0.4, 0.5) is 10.5 Å². The number of carbonyl (C=O) groups excluding carboxylic acids is 2. The minimum atomic E-state index is -0.669. The third kappa shape index (κ3) is 4.06. The second-order valence-corrected chi connectivity index (χ2v) is 6.51. The van der Waals surface area contributed by atoms with Crippen LogP contribution in [0.5, 0.6) is 0 Å². The largest absolute Gasteiger partial charge is 0.443 e. The standard InChI is InChI=1S/C16H20N2O5/c1-16(2,3)23-15(20)17-10-4-5-13(14(17)19)11-6-8-12(9-7-11)18(21)22/h6-9,13H,4-5,10H2,1-3H3. The van der Waals surface area contributed by atoms with Crippen LogP contribution in [0.15, 0.2) is 24.3 Å². The first-order valence-corrected chi connectivity index (χ1v) is 7.48. The minimum absolute atomic E-state index is 0.0268. The summed E-state index contributed by atoms with van der Waals surface area (Å²) in [6.07, 6.45) is 0.636. The Labute approximate surface area is 134 Å². The van der Waals surface area contributed by atoms with Crippen molar-refractivity contribution in [2.45, 2.75) is 45.1 Å². The van der Waals surface area contributed by atoms with Gasteiger partial charge < -0.3 is 4.74 Å². The van der Waals surface area contributed by atoms with Crippen LogP contribution >= 0.6 is 0 Å². The molecular weight excluding hydrogens is 300 g/mol. The van der Waals surface area contributed by atoms with E-state index in [1.165, 1.54) is 12.1 Å². The molecule has 1 saturated heterocycles. The Kier molecular flexibility index (Phi) is 4.68. The van der Waals surface area contributed by atoms with Crippen LogP contribution in [0.1, 0.15) is 45.1 Å². The predicted octanol–water partition coefficient (Wildman–Crippen LogP) is 3.24. The van der Waals surface area contributed by atoms with E-state index in [0.717, 1.165) is 4.90 Å². The fourth-order valence-electron chi connectivity index (χ4n) is 2.51. The van der Waals surface area contributed by atoms with Gasteiger partial charge in [-0.1, -0.05) is 12.1 Å². The molecule has 23 heavy (non-hydrogen) atoms. The molecule has 124 valence electrons. The normalized spacial score (nSPS) is 18.7. The van der Waals surface area contributed by atoms with Gasteiger partial charge in [0.2, 0.25) is 5.91 Å². The van der Waals surface area contributed by atoms with Crippen molar-refractivity contribution in [2.75, 3.05) is 6.54 Å². The van der Waals surface area contributed by atoms with Crippen LogP contribution in [-0.2, 0) is 9.53 Å². The summed E-state index contributed by atoms with van der Waals surface area (Å²) < 4.78 is 5.26. The maximum absolute atomic E-state index is 12.6. The second-order valence-electron chi connectivity index (χ2n) is 6.51. The quantitative estimate of drug-likeness (QED) is 0.616. The van der Waals surface area contributed by atoms with E-state index >= 15 is 0 Å². The summed E-state index contributed by atoms with van der Waals surface area (Å²) >= 11 is 0. The zero-order chi connectivity index (χ0) is 17.2. The average molecular weight is 320 g/mol. The molecule has 0 bridgehead atoms. The van der Waals surface area contributed by atoms with Gasteiger partial charge in [-0.15, -0.1) is 0 Å². The summed E-state index contributed by atoms with van der Waals surface area (Å²) in [5, 5.41) is 10.7. The number of ether oxygens (including phenoxy) is 1. The van der Waals surface area contributed by atoms with Crippen molar-refractivity contribution in [3.8, 4) is 0 Å². The Morgan fingerprint density at radius 2 is 1.91 bits per heavy atom. The lowest BCUT2D eigenvalue weighted by Gasteiger charge is -2.32. The van der Waals surface area contributed by atoms with Gasteiger partial charge in [-0.3, -0.25) is 14.9 Å². The van der Waals surface area contributed by atoms with Crippen molar-refractivity contribution >= 4 is 17.7 Å². The van der Waals surface area contributed by atoms with Crippen molar-refractivity contribution in [1.29, 1.82) is 0 Å². The fraction of sp³-hybridized carbons (Fsp3) is 0.500. The van der Waals surface area contributed by atoms with Crippen molar-refractivity contribution in [3.63, 3.8) is 0 Å². The monoisotopic (exact) mass is 320 g/mol. The number of hydrogen-bond donors (Lipinski definition) is 0. The van der Waals surface area contributed by atoms with Crippen LogP contribution in [-0.4, -0.2) is 34.0 Å². The van der Waals surface area contributed by atoms with Gasteiger partial charge in [0.1, 0.15) is 5.60 Å². The summed E-state index contributed by atoms with van der Waals surface area (Å²) in [6, 6.07) is 5.88. The average Bonchev–Trinajstić information content (AvgIpc) is 2.45. The number of likely N-dealkylation sites (tertiary alicyclic amines) is 1. The molecule has 2 rings (SSSR count). The van der Waals surface area contributed by atoms with E-state index in [4.69, 9.17) is 4.74 Å². The lowest BCUT2D eigenvalue weighted by molar-refractivity contribution is -0.384. The molecule has 1 aliphatic rings. The Morgan fingerprint density at radius 3 is 2.43 bits per heavy atom. The molecule has 1 fully saturated rings. The Morgan fingerprint density at radius 1 is 1.30 bits per heavy atom. The molecule has 1 atom stereocenters. The predicted molar refractivity (Wildman–Crippen MR) is 83.0 cm³/mol. The zero-order valence-corrected chi connectivity index (χ0v) is 13.4. The molecule has 0 aromatic heterocycles. The molecule has 1 aliphatic heterocycles. The van der Waals surface area contributed by atoms with Gasteiger partial charge in [0.15, 0.2) is 0 Å². The number of carbonyl (C=O) groups is 2. The van der Waals surface area contributed by atoms with E-state index in [1.807, 2.05) is 0 Å². The first kappa shape index (κ1) is 16.9. The van der Waals surface area contributed by atoms with Gasteiger partial charge >= 0.3 is 6.09 Å². The molecule has 1 aromatic carbocycles. The number of non-ortho nitro benzene ring substituents is 1. The van der Waals surface area contributed by atoms with Crippen LogP contribution in [0.25, 0.3) is 0 Å². The van der Waals surface area contributed by atoms with E-state index < -0.39 is 22.5 Å². The molecule has 7 heteroatoms. The first-order valence-electron chi connectivity index (χ1n) is 7.48. The van der Waals surface area contributed by atoms with Crippen LogP contribution in [0.3, 0.4) is 0 Å². The molecule has 7 nitrogen and oxygen atoms in total. The topological polar surface area (TPSA) is 89.8 Å². The van der Waals surface area contributed by atoms with E-state index in [-0.39, 0.29) is 11.6 Å². The maximum Gasteiger partial charge on any atom is 0.417 e. The third-order valence-electron chi connectivity index (χ3n) is 3.56. The summed E-state index contributed by atoms with van der Waals surface area (Å²) in [5.74, 6) is -0.795. The molecule has 1 unspecified atom stereocenters. The van der Waals surface area contributed by atoms with Crippen LogP contribution in [0, 0.1) is 10.1 Å². The van der Waals surface area contributed by atoms with E-state index in [1.54, 1.807) is 32.9 Å². The maximum atomic E-state index is 12.6. The highest BCUT2D eigenvalue weighted by Crippen LogP contribution is 2.30. The molecular formula is C16H20N2O5. The molecule has 1 aromatic rings. The number of benzene rings is 1. The molecule has 0 saturated carbocycles. The minimum Gasteiger partial charge on any atom is -0.443 e. The molecule has 0 spiro atoms. The number of amides is 2. The van der Waals surface area contributed by atoms with Gasteiger partial charge in [-0.05, 0) is 39.2 Å². The summed E-state index contributed by atoms with van der Waals surface area (Å²) in [6.45, 7) is 5.56. The summed E-state index contributed by atoms with van der Waals surface area (Å²) in [7, 11) is 0. The lowest BCUT2D eigenvalue weighted by Crippen LogP contribution is -2.46. The number of piperidine rings is 1. The first-order chi connectivity index (χ1) is 10.7.